The molecule has 0 aliphatic carbocycles. The Kier molecular flexibility index (Phi) is 5.90. The minimum Gasteiger partial charge on any atom is -0.360 e. The molecule has 0 spiro atoms. The summed E-state index contributed by atoms with van der Waals surface area (Å²) in [6, 6.07) is 9.98. The fourth-order valence-electron chi connectivity index (χ4n) is 4.97. The van der Waals surface area contributed by atoms with Crippen molar-refractivity contribution in [1.82, 2.24) is 5.32 Å². The van der Waals surface area contributed by atoms with Crippen LogP contribution in [0.3, 0.4) is 0 Å². The number of anilines is 2. The van der Waals surface area contributed by atoms with Gasteiger partial charge in [-0.3, -0.25) is 14.9 Å². The van der Waals surface area contributed by atoms with E-state index in [9.17, 15) is 14.4 Å². The SMILES string of the molecule is CC1=CC(C)(C)N(C(C)C)c2cc(C)c(/C=C3\C(=O)NC(=O)N(c4cccc(Cl)c4)C3=O)cc21. The highest BCUT2D eigenvalue weighted by Gasteiger charge is 2.37. The van der Waals surface area contributed by atoms with Crippen molar-refractivity contribution in [3.63, 3.8) is 0 Å². The first-order valence-electron chi connectivity index (χ1n) is 11.2. The third-order valence-electron chi connectivity index (χ3n) is 6.24. The van der Waals surface area contributed by atoms with E-state index in [4.69, 9.17) is 11.6 Å². The predicted octanol–water partition coefficient (Wildman–Crippen LogP) is 5.73. The molecule has 0 saturated carbocycles. The number of rotatable bonds is 3. The van der Waals surface area contributed by atoms with Gasteiger partial charge >= 0.3 is 6.03 Å². The monoisotopic (exact) mass is 477 g/mol. The summed E-state index contributed by atoms with van der Waals surface area (Å²) in [6.45, 7) is 12.7. The molecule has 0 radical (unpaired) electrons. The molecular weight excluding hydrogens is 450 g/mol. The summed E-state index contributed by atoms with van der Waals surface area (Å²) >= 11 is 6.05. The minimum atomic E-state index is -0.801. The highest BCUT2D eigenvalue weighted by molar-refractivity contribution is 6.39. The number of carbonyl (C=O) groups is 3. The van der Waals surface area contributed by atoms with Crippen LogP contribution in [0, 0.1) is 6.92 Å². The van der Waals surface area contributed by atoms with Crippen LogP contribution in [0.1, 0.15) is 51.3 Å². The molecule has 2 aromatic carbocycles. The zero-order chi connectivity index (χ0) is 24.9. The number of benzene rings is 2. The van der Waals surface area contributed by atoms with Crippen LogP contribution in [0.5, 0.6) is 0 Å². The molecule has 1 N–H and O–H groups in total. The number of imide groups is 2. The molecule has 4 rings (SSSR count). The topological polar surface area (TPSA) is 69.7 Å². The zero-order valence-electron chi connectivity index (χ0n) is 20.2. The average Bonchev–Trinajstić information content (AvgIpc) is 2.70. The molecular formula is C27H28ClN3O3. The lowest BCUT2D eigenvalue weighted by Gasteiger charge is -2.46. The summed E-state index contributed by atoms with van der Waals surface area (Å²) in [4.78, 5) is 41.7. The molecule has 2 aliphatic rings. The van der Waals surface area contributed by atoms with E-state index >= 15 is 0 Å². The standard InChI is InChI=1S/C27H28ClN3O3/c1-15(2)31-23-10-16(3)18(11-21(23)17(4)14-27(31,5)6)12-22-24(32)29-26(34)30(25(22)33)20-9-7-8-19(28)13-20/h7-15H,1-6H3,(H,29,32,34)/b22-12+. The van der Waals surface area contributed by atoms with Gasteiger partial charge in [-0.15, -0.1) is 0 Å². The van der Waals surface area contributed by atoms with Crippen LogP contribution in [-0.4, -0.2) is 29.4 Å². The molecule has 0 atom stereocenters. The molecule has 6 nitrogen and oxygen atoms in total. The third kappa shape index (κ3) is 4.03. The Morgan fingerprint density at radius 2 is 1.76 bits per heavy atom. The Morgan fingerprint density at radius 1 is 1.06 bits per heavy atom. The number of carbonyl (C=O) groups excluding carboxylic acids is 3. The van der Waals surface area contributed by atoms with E-state index in [0.717, 1.165) is 32.9 Å². The average molecular weight is 478 g/mol. The summed E-state index contributed by atoms with van der Waals surface area (Å²) in [5, 5.41) is 2.65. The van der Waals surface area contributed by atoms with Crippen molar-refractivity contribution in [2.45, 2.75) is 53.1 Å². The predicted molar refractivity (Wildman–Crippen MR) is 137 cm³/mol. The van der Waals surface area contributed by atoms with E-state index in [1.165, 1.54) is 6.07 Å². The minimum absolute atomic E-state index is 0.110. The van der Waals surface area contributed by atoms with Crippen molar-refractivity contribution in [3.8, 4) is 0 Å². The van der Waals surface area contributed by atoms with Crippen molar-refractivity contribution in [2.75, 3.05) is 9.80 Å². The smallest absolute Gasteiger partial charge is 0.335 e. The van der Waals surface area contributed by atoms with E-state index in [1.807, 2.05) is 13.0 Å². The van der Waals surface area contributed by atoms with Crippen molar-refractivity contribution >= 4 is 52.5 Å². The van der Waals surface area contributed by atoms with Gasteiger partial charge in [0.15, 0.2) is 0 Å². The van der Waals surface area contributed by atoms with Gasteiger partial charge in [-0.05, 0) is 94.7 Å². The number of nitrogens with zero attached hydrogens (tertiary/aromatic N) is 2. The summed E-state index contributed by atoms with van der Waals surface area (Å²) in [5.41, 5.74) is 5.01. The highest BCUT2D eigenvalue weighted by Crippen LogP contribution is 2.42. The van der Waals surface area contributed by atoms with Crippen LogP contribution >= 0.6 is 11.6 Å². The lowest BCUT2D eigenvalue weighted by Crippen LogP contribution is -2.54. The Bertz CT molecular complexity index is 1290. The van der Waals surface area contributed by atoms with Crippen molar-refractivity contribution in [1.29, 1.82) is 0 Å². The lowest BCUT2D eigenvalue weighted by molar-refractivity contribution is -0.122. The summed E-state index contributed by atoms with van der Waals surface area (Å²) in [6.07, 6.45) is 3.80. The van der Waals surface area contributed by atoms with Crippen LogP contribution < -0.4 is 15.1 Å². The second-order valence-electron chi connectivity index (χ2n) is 9.61. The van der Waals surface area contributed by atoms with Gasteiger partial charge < -0.3 is 4.90 Å². The van der Waals surface area contributed by atoms with Gasteiger partial charge in [0.05, 0.1) is 11.2 Å². The van der Waals surface area contributed by atoms with Crippen LogP contribution in [-0.2, 0) is 9.59 Å². The summed E-state index contributed by atoms with van der Waals surface area (Å²) in [7, 11) is 0. The quantitative estimate of drug-likeness (QED) is 0.453. The second-order valence-corrected chi connectivity index (χ2v) is 10.0. The van der Waals surface area contributed by atoms with E-state index in [2.05, 4.69) is 57.0 Å². The lowest BCUT2D eigenvalue weighted by atomic mass is 9.85. The maximum atomic E-state index is 13.3. The van der Waals surface area contributed by atoms with E-state index in [-0.39, 0.29) is 17.2 Å². The highest BCUT2D eigenvalue weighted by atomic mass is 35.5. The number of barbiturate groups is 1. The molecule has 2 heterocycles. The van der Waals surface area contributed by atoms with E-state index in [0.29, 0.717) is 10.7 Å². The number of aryl methyl sites for hydroxylation is 1. The van der Waals surface area contributed by atoms with E-state index in [1.54, 1.807) is 24.3 Å². The number of hydrogen-bond acceptors (Lipinski definition) is 4. The molecule has 7 heteroatoms. The number of urea groups is 1. The maximum absolute atomic E-state index is 13.3. The summed E-state index contributed by atoms with van der Waals surface area (Å²) in [5.74, 6) is -1.41. The molecule has 176 valence electrons. The van der Waals surface area contributed by atoms with E-state index < -0.39 is 17.8 Å². The largest absolute Gasteiger partial charge is 0.360 e. The number of amides is 4. The van der Waals surface area contributed by atoms with Gasteiger partial charge in [-0.2, -0.15) is 0 Å². The fraction of sp³-hybridized carbons (Fsp3) is 0.296. The van der Waals surface area contributed by atoms with Crippen LogP contribution in [0.2, 0.25) is 5.02 Å². The Labute approximate surface area is 204 Å². The van der Waals surface area contributed by atoms with Crippen LogP contribution in [0.25, 0.3) is 11.6 Å². The molecule has 34 heavy (non-hydrogen) atoms. The van der Waals surface area contributed by atoms with Crippen LogP contribution in [0.15, 0.2) is 48.0 Å². The number of halogens is 1. The Balaban J connectivity index is 1.81. The first kappa shape index (κ1) is 23.8. The first-order chi connectivity index (χ1) is 15.9. The number of allylic oxidation sites excluding steroid dienone is 1. The van der Waals surface area contributed by atoms with Crippen molar-refractivity contribution < 1.29 is 14.4 Å². The normalized spacial score (nSPS) is 18.9. The van der Waals surface area contributed by atoms with Crippen molar-refractivity contribution in [2.24, 2.45) is 0 Å². The van der Waals surface area contributed by atoms with Gasteiger partial charge in [0.25, 0.3) is 11.8 Å². The second kappa shape index (κ2) is 8.44. The maximum Gasteiger partial charge on any atom is 0.335 e. The number of fused-ring (bicyclic) bond motifs is 1. The van der Waals surface area contributed by atoms with Gasteiger partial charge in [-0.25, -0.2) is 9.69 Å². The fourth-order valence-corrected chi connectivity index (χ4v) is 5.16. The Hall–Kier alpha value is -3.38. The van der Waals surface area contributed by atoms with Crippen molar-refractivity contribution in [3.05, 3.63) is 69.8 Å². The molecule has 0 bridgehead atoms. The molecule has 2 aromatic rings. The van der Waals surface area contributed by atoms with Crippen LogP contribution in [0.4, 0.5) is 16.2 Å². The Morgan fingerprint density at radius 3 is 2.41 bits per heavy atom. The molecule has 4 amide bonds. The molecule has 0 unspecified atom stereocenters. The number of nitrogens with one attached hydrogen (secondary N) is 1. The van der Waals surface area contributed by atoms with Gasteiger partial charge in [0.1, 0.15) is 5.57 Å². The molecule has 1 saturated heterocycles. The van der Waals surface area contributed by atoms with Gasteiger partial charge in [-0.1, -0.05) is 23.7 Å². The summed E-state index contributed by atoms with van der Waals surface area (Å²) < 4.78 is 0. The van der Waals surface area contributed by atoms with Gasteiger partial charge in [0, 0.05) is 22.3 Å². The molecule has 2 aliphatic heterocycles. The van der Waals surface area contributed by atoms with Gasteiger partial charge in [0.2, 0.25) is 0 Å². The zero-order valence-corrected chi connectivity index (χ0v) is 20.9. The molecule has 0 aromatic heterocycles. The molecule has 1 fully saturated rings. The first-order valence-corrected chi connectivity index (χ1v) is 11.6. The number of hydrogen-bond donors (Lipinski definition) is 1. The third-order valence-corrected chi connectivity index (χ3v) is 6.48.